The van der Waals surface area contributed by atoms with E-state index in [-0.39, 0.29) is 18.3 Å². The number of nitrogens with zero attached hydrogens (tertiary/aromatic N) is 1. The van der Waals surface area contributed by atoms with Gasteiger partial charge in [0, 0.05) is 35.8 Å². The second kappa shape index (κ2) is 6.60. The van der Waals surface area contributed by atoms with Crippen LogP contribution in [0.25, 0.3) is 0 Å². The number of carbonyl (C=O) groups excluding carboxylic acids is 1. The maximum Gasteiger partial charge on any atom is 0.254 e. The lowest BCUT2D eigenvalue weighted by Gasteiger charge is -2.36. The van der Waals surface area contributed by atoms with Crippen LogP contribution in [0.1, 0.15) is 29.8 Å². The summed E-state index contributed by atoms with van der Waals surface area (Å²) >= 11 is 6.07. The van der Waals surface area contributed by atoms with Crippen molar-refractivity contribution < 1.29 is 4.79 Å². The molecule has 1 aliphatic rings. The first kappa shape index (κ1) is 16.3. The number of amides is 1. The van der Waals surface area contributed by atoms with E-state index >= 15 is 0 Å². The zero-order valence-corrected chi connectivity index (χ0v) is 13.0. The van der Waals surface area contributed by atoms with Crippen molar-refractivity contribution in [2.24, 2.45) is 0 Å². The average molecular weight is 303 g/mol. The van der Waals surface area contributed by atoms with Crippen molar-refractivity contribution >= 4 is 29.9 Å². The molecule has 106 valence electrons. The van der Waals surface area contributed by atoms with E-state index < -0.39 is 0 Å². The fourth-order valence-electron chi connectivity index (χ4n) is 2.40. The Morgan fingerprint density at radius 2 is 1.89 bits per heavy atom. The minimum absolute atomic E-state index is 0. The Balaban J connectivity index is 0.00000180. The molecule has 0 saturated carbocycles. The van der Waals surface area contributed by atoms with E-state index in [9.17, 15) is 4.79 Å². The first-order chi connectivity index (χ1) is 8.47. The normalized spacial score (nSPS) is 22.8. The van der Waals surface area contributed by atoms with Crippen LogP contribution < -0.4 is 5.32 Å². The summed E-state index contributed by atoms with van der Waals surface area (Å²) in [7, 11) is 0. The quantitative estimate of drug-likeness (QED) is 0.865. The molecule has 1 N–H and O–H groups in total. The number of nitrogens with one attached hydrogen (secondary N) is 1. The highest BCUT2D eigenvalue weighted by molar-refractivity contribution is 6.31. The van der Waals surface area contributed by atoms with Gasteiger partial charge in [0.2, 0.25) is 0 Å². The minimum atomic E-state index is 0. The van der Waals surface area contributed by atoms with Gasteiger partial charge in [0.1, 0.15) is 0 Å². The number of aryl methyl sites for hydroxylation is 1. The second-order valence-corrected chi connectivity index (χ2v) is 5.55. The molecule has 1 saturated heterocycles. The number of benzene rings is 1. The molecule has 19 heavy (non-hydrogen) atoms. The van der Waals surface area contributed by atoms with Gasteiger partial charge in [0.05, 0.1) is 0 Å². The Bertz CT molecular complexity index is 455. The highest BCUT2D eigenvalue weighted by atomic mass is 35.5. The zero-order chi connectivity index (χ0) is 13.3. The second-order valence-electron chi connectivity index (χ2n) is 5.14. The Morgan fingerprint density at radius 3 is 2.42 bits per heavy atom. The number of piperazine rings is 1. The van der Waals surface area contributed by atoms with E-state index in [0.29, 0.717) is 22.7 Å². The summed E-state index contributed by atoms with van der Waals surface area (Å²) in [5, 5.41) is 4.07. The molecule has 0 radical (unpaired) electrons. The number of hydrogen-bond acceptors (Lipinski definition) is 2. The Kier molecular flexibility index (Phi) is 5.65. The summed E-state index contributed by atoms with van der Waals surface area (Å²) < 4.78 is 0. The van der Waals surface area contributed by atoms with Crippen LogP contribution in [-0.2, 0) is 0 Å². The SMILES string of the molecule is Cc1ccc(C(=O)N2CC(C)NC(C)C2)cc1Cl.Cl. The zero-order valence-electron chi connectivity index (χ0n) is 11.4. The summed E-state index contributed by atoms with van der Waals surface area (Å²) in [6.07, 6.45) is 0. The first-order valence-corrected chi connectivity index (χ1v) is 6.66. The van der Waals surface area contributed by atoms with Gasteiger partial charge < -0.3 is 10.2 Å². The van der Waals surface area contributed by atoms with Gasteiger partial charge in [0.25, 0.3) is 5.91 Å². The third kappa shape index (κ3) is 3.85. The number of carbonyl (C=O) groups is 1. The van der Waals surface area contributed by atoms with Crippen LogP contribution in [0.2, 0.25) is 5.02 Å². The van der Waals surface area contributed by atoms with Gasteiger partial charge in [0.15, 0.2) is 0 Å². The summed E-state index contributed by atoms with van der Waals surface area (Å²) in [5.74, 6) is 0.0668. The molecule has 1 fully saturated rings. The summed E-state index contributed by atoms with van der Waals surface area (Å²) in [4.78, 5) is 14.3. The van der Waals surface area contributed by atoms with Gasteiger partial charge in [-0.1, -0.05) is 17.7 Å². The van der Waals surface area contributed by atoms with Crippen LogP contribution in [0, 0.1) is 6.92 Å². The minimum Gasteiger partial charge on any atom is -0.336 e. The van der Waals surface area contributed by atoms with E-state index in [1.807, 2.05) is 24.0 Å². The lowest BCUT2D eigenvalue weighted by atomic mass is 10.1. The van der Waals surface area contributed by atoms with E-state index in [1.165, 1.54) is 0 Å². The molecule has 2 rings (SSSR count). The lowest BCUT2D eigenvalue weighted by molar-refractivity contribution is 0.0674. The van der Waals surface area contributed by atoms with Gasteiger partial charge in [-0.2, -0.15) is 0 Å². The number of rotatable bonds is 1. The highest BCUT2D eigenvalue weighted by Gasteiger charge is 2.25. The summed E-state index contributed by atoms with van der Waals surface area (Å²) in [6, 6.07) is 6.17. The Hall–Kier alpha value is -0.770. The molecular weight excluding hydrogens is 283 g/mol. The average Bonchev–Trinajstić information content (AvgIpc) is 2.30. The van der Waals surface area contributed by atoms with E-state index in [4.69, 9.17) is 11.6 Å². The first-order valence-electron chi connectivity index (χ1n) is 6.29. The van der Waals surface area contributed by atoms with Crippen molar-refractivity contribution in [3.05, 3.63) is 34.3 Å². The smallest absolute Gasteiger partial charge is 0.254 e. The van der Waals surface area contributed by atoms with Crippen LogP contribution in [0.15, 0.2) is 18.2 Å². The molecule has 3 nitrogen and oxygen atoms in total. The van der Waals surface area contributed by atoms with Crippen molar-refractivity contribution in [3.8, 4) is 0 Å². The summed E-state index contributed by atoms with van der Waals surface area (Å²) in [6.45, 7) is 7.62. The van der Waals surface area contributed by atoms with Crippen molar-refractivity contribution in [2.45, 2.75) is 32.9 Å². The molecule has 5 heteroatoms. The fraction of sp³-hybridized carbons (Fsp3) is 0.500. The van der Waals surface area contributed by atoms with Crippen molar-refractivity contribution in [1.82, 2.24) is 10.2 Å². The number of hydrogen-bond donors (Lipinski definition) is 1. The van der Waals surface area contributed by atoms with Crippen LogP contribution in [-0.4, -0.2) is 36.0 Å². The van der Waals surface area contributed by atoms with Gasteiger partial charge >= 0.3 is 0 Å². The van der Waals surface area contributed by atoms with Crippen LogP contribution in [0.5, 0.6) is 0 Å². The molecule has 0 bridgehead atoms. The van der Waals surface area contributed by atoms with E-state index in [0.717, 1.165) is 18.7 Å². The molecule has 1 aromatic rings. The molecule has 0 spiro atoms. The van der Waals surface area contributed by atoms with E-state index in [1.54, 1.807) is 6.07 Å². The molecule has 1 heterocycles. The number of halogens is 2. The summed E-state index contributed by atoms with van der Waals surface area (Å²) in [5.41, 5.74) is 1.67. The largest absolute Gasteiger partial charge is 0.336 e. The van der Waals surface area contributed by atoms with Crippen LogP contribution >= 0.6 is 24.0 Å². The third-order valence-electron chi connectivity index (χ3n) is 3.26. The fourth-order valence-corrected chi connectivity index (χ4v) is 2.58. The van der Waals surface area contributed by atoms with Crippen molar-refractivity contribution in [1.29, 1.82) is 0 Å². The molecule has 0 aromatic heterocycles. The van der Waals surface area contributed by atoms with Gasteiger partial charge in [-0.15, -0.1) is 12.4 Å². The maximum absolute atomic E-state index is 12.4. The standard InChI is InChI=1S/C14H19ClN2O.ClH/c1-9-4-5-12(6-13(9)15)14(18)17-7-10(2)16-11(3)8-17;/h4-6,10-11,16H,7-8H2,1-3H3;1H. The van der Waals surface area contributed by atoms with Crippen molar-refractivity contribution in [3.63, 3.8) is 0 Å². The van der Waals surface area contributed by atoms with Crippen LogP contribution in [0.3, 0.4) is 0 Å². The lowest BCUT2D eigenvalue weighted by Crippen LogP contribution is -2.55. The topological polar surface area (TPSA) is 32.3 Å². The molecule has 0 aliphatic carbocycles. The predicted molar refractivity (Wildman–Crippen MR) is 81.4 cm³/mol. The molecule has 2 unspecified atom stereocenters. The van der Waals surface area contributed by atoms with Gasteiger partial charge in [-0.05, 0) is 38.5 Å². The molecular formula is C14H20Cl2N2O. The van der Waals surface area contributed by atoms with E-state index in [2.05, 4.69) is 19.2 Å². The van der Waals surface area contributed by atoms with Gasteiger partial charge in [-0.3, -0.25) is 4.79 Å². The molecule has 1 aliphatic heterocycles. The molecule has 1 aromatic carbocycles. The Morgan fingerprint density at radius 1 is 1.32 bits per heavy atom. The van der Waals surface area contributed by atoms with Gasteiger partial charge in [-0.25, -0.2) is 0 Å². The molecule has 2 atom stereocenters. The molecule has 1 amide bonds. The third-order valence-corrected chi connectivity index (χ3v) is 3.67. The van der Waals surface area contributed by atoms with Crippen molar-refractivity contribution in [2.75, 3.05) is 13.1 Å². The Labute approximate surface area is 125 Å². The van der Waals surface area contributed by atoms with Crippen LogP contribution in [0.4, 0.5) is 0 Å². The predicted octanol–water partition coefficient (Wildman–Crippen LogP) is 2.89. The maximum atomic E-state index is 12.4. The highest BCUT2D eigenvalue weighted by Crippen LogP contribution is 2.18. The monoisotopic (exact) mass is 302 g/mol.